The zero-order valence-electron chi connectivity index (χ0n) is 17.6. The molecule has 0 spiro atoms. The van der Waals surface area contributed by atoms with E-state index in [4.69, 9.17) is 0 Å². The van der Waals surface area contributed by atoms with Crippen LogP contribution in [-0.2, 0) is 0 Å². The second kappa shape index (κ2) is 8.99. The Hall–Kier alpha value is -3.69. The van der Waals surface area contributed by atoms with Crippen LogP contribution in [0.5, 0.6) is 5.88 Å². The molecule has 0 radical (unpaired) electrons. The molecule has 1 saturated carbocycles. The van der Waals surface area contributed by atoms with Gasteiger partial charge in [0.25, 0.3) is 5.62 Å². The third-order valence-corrected chi connectivity index (χ3v) is 4.87. The lowest BCUT2D eigenvalue weighted by Crippen LogP contribution is -2.25. The van der Waals surface area contributed by atoms with Crippen LogP contribution in [0.2, 0.25) is 0 Å². The van der Waals surface area contributed by atoms with Gasteiger partial charge in [0, 0.05) is 11.8 Å². The Labute approximate surface area is 178 Å². The van der Waals surface area contributed by atoms with Gasteiger partial charge in [-0.05, 0) is 37.8 Å². The Morgan fingerprint density at radius 3 is 2.90 bits per heavy atom. The molecule has 10 nitrogen and oxygen atoms in total. The summed E-state index contributed by atoms with van der Waals surface area (Å²) in [7, 11) is 0. The third kappa shape index (κ3) is 4.90. The Morgan fingerprint density at radius 2 is 2.23 bits per heavy atom. The summed E-state index contributed by atoms with van der Waals surface area (Å²) in [4.78, 5) is 30.1. The van der Waals surface area contributed by atoms with E-state index in [0.717, 1.165) is 31.3 Å². The number of aromatic hydroxyl groups is 1. The number of hydrogen-bond acceptors (Lipinski definition) is 7. The van der Waals surface area contributed by atoms with Gasteiger partial charge in [-0.3, -0.25) is 4.98 Å². The predicted molar refractivity (Wildman–Crippen MR) is 118 cm³/mol. The van der Waals surface area contributed by atoms with Gasteiger partial charge in [-0.25, -0.2) is 9.79 Å². The number of hydrogen-bond donors (Lipinski definition) is 4. The number of H-pyrrole nitrogens is 2. The van der Waals surface area contributed by atoms with Crippen LogP contribution in [-0.4, -0.2) is 47.2 Å². The molecule has 3 aromatic rings. The maximum Gasteiger partial charge on any atom is 0.326 e. The standard InChI is InChI=1S/C21H26N8O2/c1-3-5-6-7-13(4-2)11-22-19-26-17-14(10-16-18(30)27-21(31)25-16)12-23-29(17)20(28-19)24-15-8-9-15/h4,6-7,10,12,15,30H,3,5,8-9,11H2,1-2H3,(H,22,24,28)(H2,25,27,31). The second-order valence-electron chi connectivity index (χ2n) is 7.44. The number of nitrogens with one attached hydrogen (secondary N) is 3. The number of imidazole rings is 1. The van der Waals surface area contributed by atoms with Crippen LogP contribution in [0.15, 0.2) is 39.8 Å². The number of allylic oxidation sites excluding steroid dienone is 2. The Morgan fingerprint density at radius 1 is 1.39 bits per heavy atom. The zero-order valence-corrected chi connectivity index (χ0v) is 17.6. The highest BCUT2D eigenvalue weighted by Gasteiger charge is 2.21. The highest BCUT2D eigenvalue weighted by molar-refractivity contribution is 5.57. The fourth-order valence-corrected chi connectivity index (χ4v) is 3.00. The van der Waals surface area contributed by atoms with Crippen LogP contribution in [0.25, 0.3) is 11.7 Å². The lowest BCUT2D eigenvalue weighted by atomic mass is 10.2. The van der Waals surface area contributed by atoms with Crippen LogP contribution < -0.4 is 21.8 Å². The number of unbranched alkanes of at least 4 members (excludes halogenated alkanes) is 1. The molecule has 0 atom stereocenters. The molecule has 162 valence electrons. The summed E-state index contributed by atoms with van der Waals surface area (Å²) in [5.74, 6) is 0.202. The molecule has 0 aliphatic heterocycles. The molecule has 1 aliphatic rings. The summed E-state index contributed by atoms with van der Waals surface area (Å²) >= 11 is 0. The van der Waals surface area contributed by atoms with E-state index in [1.54, 1.807) is 16.8 Å². The minimum absolute atomic E-state index is 0.240. The van der Waals surface area contributed by atoms with Crippen molar-refractivity contribution in [2.24, 2.45) is 4.99 Å². The van der Waals surface area contributed by atoms with Gasteiger partial charge in [-0.15, -0.1) is 0 Å². The van der Waals surface area contributed by atoms with E-state index in [2.05, 4.69) is 60.5 Å². The number of nitrogens with zero attached hydrogens (tertiary/aromatic N) is 5. The molecule has 0 saturated heterocycles. The summed E-state index contributed by atoms with van der Waals surface area (Å²) in [5, 5.41) is 18.1. The van der Waals surface area contributed by atoms with E-state index < -0.39 is 5.69 Å². The number of fused-ring (bicyclic) bond motifs is 1. The average molecular weight is 422 g/mol. The molecule has 0 aromatic carbocycles. The molecule has 3 heterocycles. The quantitative estimate of drug-likeness (QED) is 0.402. The minimum Gasteiger partial charge on any atom is -0.493 e. The van der Waals surface area contributed by atoms with Crippen molar-refractivity contribution in [3.8, 4) is 5.88 Å². The van der Waals surface area contributed by atoms with E-state index >= 15 is 0 Å². The topological polar surface area (TPSA) is 136 Å². The highest BCUT2D eigenvalue weighted by Crippen LogP contribution is 2.22. The fourth-order valence-electron chi connectivity index (χ4n) is 3.00. The lowest BCUT2D eigenvalue weighted by Gasteiger charge is -2.06. The largest absolute Gasteiger partial charge is 0.493 e. The Kier molecular flexibility index (Phi) is 5.96. The van der Waals surface area contributed by atoms with Gasteiger partial charge in [0.05, 0.1) is 12.2 Å². The van der Waals surface area contributed by atoms with Crippen molar-refractivity contribution in [2.75, 3.05) is 11.9 Å². The lowest BCUT2D eigenvalue weighted by molar-refractivity contribution is 0.454. The molecule has 1 aliphatic carbocycles. The zero-order chi connectivity index (χ0) is 21.8. The number of aromatic nitrogens is 6. The molecule has 10 heteroatoms. The van der Waals surface area contributed by atoms with E-state index in [-0.39, 0.29) is 17.6 Å². The molecular formula is C21H26N8O2. The summed E-state index contributed by atoms with van der Waals surface area (Å²) in [6.07, 6.45) is 13.7. The molecule has 4 N–H and O–H groups in total. The highest BCUT2D eigenvalue weighted by atomic mass is 16.3. The number of rotatable bonds is 8. The van der Waals surface area contributed by atoms with Crippen LogP contribution in [0.4, 0.5) is 5.95 Å². The summed E-state index contributed by atoms with van der Waals surface area (Å²) in [5.41, 5.74) is 1.90. The SMILES string of the molecule is CC=C(C=CCCC)CNc1nc(=NC2CC2)n2ncc(=Cc3[nH]c(=O)[nH]c3O)c2n1. The van der Waals surface area contributed by atoms with Crippen molar-refractivity contribution in [2.45, 2.75) is 45.6 Å². The van der Waals surface area contributed by atoms with Gasteiger partial charge in [0.1, 0.15) is 5.69 Å². The smallest absolute Gasteiger partial charge is 0.326 e. The maximum absolute atomic E-state index is 11.4. The van der Waals surface area contributed by atoms with Crippen molar-refractivity contribution in [1.82, 2.24) is 29.5 Å². The molecule has 0 unspecified atom stereocenters. The first kappa shape index (κ1) is 20.6. The number of anilines is 1. The first-order chi connectivity index (χ1) is 15.1. The molecule has 4 rings (SSSR count). The van der Waals surface area contributed by atoms with Crippen LogP contribution in [0.3, 0.4) is 0 Å². The van der Waals surface area contributed by atoms with Gasteiger partial charge in [-0.1, -0.05) is 31.6 Å². The van der Waals surface area contributed by atoms with E-state index in [1.165, 1.54) is 0 Å². The molecular weight excluding hydrogens is 396 g/mol. The van der Waals surface area contributed by atoms with E-state index in [0.29, 0.717) is 29.0 Å². The van der Waals surface area contributed by atoms with Crippen molar-refractivity contribution < 1.29 is 5.11 Å². The number of aromatic amines is 2. The average Bonchev–Trinajstić information content (AvgIpc) is 3.39. The van der Waals surface area contributed by atoms with Gasteiger partial charge in [-0.2, -0.15) is 19.6 Å². The summed E-state index contributed by atoms with van der Waals surface area (Å²) in [6.45, 7) is 4.73. The van der Waals surface area contributed by atoms with E-state index in [9.17, 15) is 9.90 Å². The van der Waals surface area contributed by atoms with Gasteiger partial charge in [0.15, 0.2) is 5.65 Å². The molecule has 0 amide bonds. The third-order valence-electron chi connectivity index (χ3n) is 4.87. The van der Waals surface area contributed by atoms with Crippen molar-refractivity contribution in [3.05, 3.63) is 57.0 Å². The predicted octanol–water partition coefficient (Wildman–Crippen LogP) is 1.17. The first-order valence-corrected chi connectivity index (χ1v) is 10.5. The molecule has 0 bridgehead atoms. The molecule has 31 heavy (non-hydrogen) atoms. The Bertz CT molecular complexity index is 1310. The monoisotopic (exact) mass is 422 g/mol. The summed E-state index contributed by atoms with van der Waals surface area (Å²) in [6, 6.07) is 0.260. The maximum atomic E-state index is 11.4. The van der Waals surface area contributed by atoms with Gasteiger partial charge >= 0.3 is 5.69 Å². The van der Waals surface area contributed by atoms with Crippen LogP contribution >= 0.6 is 0 Å². The minimum atomic E-state index is -0.489. The molecule has 3 aromatic heterocycles. The van der Waals surface area contributed by atoms with E-state index in [1.807, 2.05) is 6.92 Å². The van der Waals surface area contributed by atoms with Crippen molar-refractivity contribution in [3.63, 3.8) is 0 Å². The van der Waals surface area contributed by atoms with Crippen molar-refractivity contribution >= 4 is 17.7 Å². The van der Waals surface area contributed by atoms with Crippen molar-refractivity contribution in [1.29, 1.82) is 0 Å². The van der Waals surface area contributed by atoms with Gasteiger partial charge in [0.2, 0.25) is 11.8 Å². The Balaban J connectivity index is 1.73. The van der Waals surface area contributed by atoms with Crippen LogP contribution in [0, 0.1) is 0 Å². The fraction of sp³-hybridized carbons (Fsp3) is 0.381. The molecule has 1 fully saturated rings. The van der Waals surface area contributed by atoms with Gasteiger partial charge < -0.3 is 15.4 Å². The summed E-state index contributed by atoms with van der Waals surface area (Å²) < 4.78 is 1.58. The van der Waals surface area contributed by atoms with Crippen LogP contribution in [0.1, 0.15) is 45.2 Å². The second-order valence-corrected chi connectivity index (χ2v) is 7.44. The normalized spacial score (nSPS) is 16.1. The first-order valence-electron chi connectivity index (χ1n) is 10.5.